The van der Waals surface area contributed by atoms with Crippen LogP contribution in [0.1, 0.15) is 39.5 Å². The second kappa shape index (κ2) is 5.82. The highest BCUT2D eigenvalue weighted by Crippen LogP contribution is 2.23. The van der Waals surface area contributed by atoms with E-state index >= 15 is 0 Å². The Morgan fingerprint density at radius 1 is 1.41 bits per heavy atom. The van der Waals surface area contributed by atoms with Gasteiger partial charge in [0.1, 0.15) is 0 Å². The van der Waals surface area contributed by atoms with Crippen molar-refractivity contribution in [3.8, 4) is 0 Å². The smallest absolute Gasteiger partial charge is 0.323 e. The van der Waals surface area contributed by atoms with Crippen LogP contribution in [0.3, 0.4) is 0 Å². The van der Waals surface area contributed by atoms with Gasteiger partial charge in [0.2, 0.25) is 10.0 Å². The largest absolute Gasteiger partial charge is 0.480 e. The van der Waals surface area contributed by atoms with Gasteiger partial charge in [0, 0.05) is 13.1 Å². The van der Waals surface area contributed by atoms with E-state index in [1.807, 2.05) is 0 Å². The van der Waals surface area contributed by atoms with Crippen molar-refractivity contribution in [2.75, 3.05) is 13.1 Å². The molecule has 0 amide bonds. The van der Waals surface area contributed by atoms with Crippen LogP contribution in [0.5, 0.6) is 0 Å². The van der Waals surface area contributed by atoms with Gasteiger partial charge in [-0.1, -0.05) is 13.3 Å². The Hall–Kier alpha value is -0.620. The predicted octanol–water partition coefficient (Wildman–Crippen LogP) is 1.30. The molecule has 0 radical (unpaired) electrons. The topological polar surface area (TPSA) is 74.7 Å². The summed E-state index contributed by atoms with van der Waals surface area (Å²) < 4.78 is 25.4. The van der Waals surface area contributed by atoms with Gasteiger partial charge in [0.25, 0.3) is 0 Å². The molecule has 2 unspecified atom stereocenters. The third-order valence-electron chi connectivity index (χ3n) is 3.54. The number of carboxylic acid groups (broad SMARTS) is 1. The summed E-state index contributed by atoms with van der Waals surface area (Å²) in [5, 5.41) is 7.46. The summed E-state index contributed by atoms with van der Waals surface area (Å²) in [5.74, 6) is -0.711. The van der Waals surface area contributed by atoms with Crippen LogP contribution in [0.25, 0.3) is 0 Å². The van der Waals surface area contributed by atoms with E-state index in [1.165, 1.54) is 11.2 Å². The Balaban J connectivity index is 2.76. The highest BCUT2D eigenvalue weighted by Gasteiger charge is 2.34. The van der Waals surface area contributed by atoms with Crippen LogP contribution in [0.2, 0.25) is 0 Å². The van der Waals surface area contributed by atoms with Gasteiger partial charge >= 0.3 is 5.97 Å². The lowest BCUT2D eigenvalue weighted by Crippen LogP contribution is -2.41. The fourth-order valence-electron chi connectivity index (χ4n) is 2.15. The molecule has 1 N–H and O–H groups in total. The first-order chi connectivity index (χ1) is 7.89. The lowest BCUT2D eigenvalue weighted by Gasteiger charge is -2.22. The molecular formula is C11H21NO4S. The summed E-state index contributed by atoms with van der Waals surface area (Å²) in [4.78, 5) is 10.8. The zero-order chi connectivity index (χ0) is 13.1. The first-order valence-electron chi connectivity index (χ1n) is 6.11. The van der Waals surface area contributed by atoms with E-state index in [0.29, 0.717) is 19.0 Å². The molecule has 0 aromatic carbocycles. The van der Waals surface area contributed by atoms with Crippen LogP contribution in [0, 0.1) is 5.92 Å². The molecule has 2 atom stereocenters. The van der Waals surface area contributed by atoms with Crippen molar-refractivity contribution < 1.29 is 18.3 Å². The molecule has 0 saturated carbocycles. The van der Waals surface area contributed by atoms with E-state index in [9.17, 15) is 13.2 Å². The minimum absolute atomic E-state index is 0.455. The summed E-state index contributed by atoms with van der Waals surface area (Å²) in [5.41, 5.74) is 0. The van der Waals surface area contributed by atoms with Crippen LogP contribution in [0.4, 0.5) is 0 Å². The Morgan fingerprint density at radius 2 is 2.06 bits per heavy atom. The van der Waals surface area contributed by atoms with Crippen LogP contribution in [-0.2, 0) is 14.8 Å². The number of carboxylic acids is 1. The van der Waals surface area contributed by atoms with Gasteiger partial charge in [-0.2, -0.15) is 0 Å². The van der Waals surface area contributed by atoms with E-state index in [2.05, 4.69) is 6.92 Å². The number of carbonyl (C=O) groups is 1. The fourth-order valence-corrected chi connectivity index (χ4v) is 3.60. The van der Waals surface area contributed by atoms with Crippen LogP contribution >= 0.6 is 0 Å². The molecular weight excluding hydrogens is 242 g/mol. The maximum absolute atomic E-state index is 12.0. The maximum atomic E-state index is 12.0. The molecule has 6 heteroatoms. The maximum Gasteiger partial charge on any atom is 0.323 e. The van der Waals surface area contributed by atoms with Crippen molar-refractivity contribution in [2.24, 2.45) is 5.92 Å². The highest BCUT2D eigenvalue weighted by atomic mass is 32.2. The molecule has 1 aliphatic heterocycles. The molecule has 0 spiro atoms. The van der Waals surface area contributed by atoms with Gasteiger partial charge in [-0.15, -0.1) is 0 Å². The zero-order valence-electron chi connectivity index (χ0n) is 10.4. The monoisotopic (exact) mass is 263 g/mol. The first-order valence-corrected chi connectivity index (χ1v) is 7.61. The molecule has 5 nitrogen and oxygen atoms in total. The second-order valence-corrected chi connectivity index (χ2v) is 6.88. The number of hydrogen-bond donors (Lipinski definition) is 1. The second-order valence-electron chi connectivity index (χ2n) is 4.63. The lowest BCUT2D eigenvalue weighted by molar-refractivity contribution is -0.136. The van der Waals surface area contributed by atoms with Gasteiger partial charge in [0.15, 0.2) is 5.25 Å². The number of hydrogen-bond acceptors (Lipinski definition) is 3. The molecule has 0 bridgehead atoms. The van der Waals surface area contributed by atoms with Crippen LogP contribution in [-0.4, -0.2) is 42.1 Å². The average Bonchev–Trinajstić information content (AvgIpc) is 2.53. The normalized spacial score (nSPS) is 25.2. The summed E-state index contributed by atoms with van der Waals surface area (Å²) in [6, 6.07) is 0. The molecule has 0 aromatic heterocycles. The molecule has 1 saturated heterocycles. The molecule has 0 aliphatic carbocycles. The van der Waals surface area contributed by atoms with Gasteiger partial charge in [0.05, 0.1) is 0 Å². The SMILES string of the molecule is CCC1CCCN(S(=O)(=O)C(C)C(=O)O)CC1. The number of sulfonamides is 1. The quantitative estimate of drug-likeness (QED) is 0.829. The van der Waals surface area contributed by atoms with E-state index in [1.54, 1.807) is 0 Å². The molecule has 1 fully saturated rings. The van der Waals surface area contributed by atoms with Gasteiger partial charge in [-0.3, -0.25) is 4.79 Å². The lowest BCUT2D eigenvalue weighted by atomic mass is 9.98. The Kier molecular flexibility index (Phi) is 4.94. The zero-order valence-corrected chi connectivity index (χ0v) is 11.2. The first kappa shape index (κ1) is 14.4. The molecule has 0 aromatic rings. The predicted molar refractivity (Wildman–Crippen MR) is 65.2 cm³/mol. The van der Waals surface area contributed by atoms with Crippen molar-refractivity contribution in [3.63, 3.8) is 0 Å². The van der Waals surface area contributed by atoms with Crippen molar-refractivity contribution in [1.29, 1.82) is 0 Å². The molecule has 1 aliphatic rings. The van der Waals surface area contributed by atoms with Gasteiger partial charge < -0.3 is 5.11 Å². The van der Waals surface area contributed by atoms with E-state index in [0.717, 1.165) is 25.7 Å². The van der Waals surface area contributed by atoms with E-state index in [-0.39, 0.29) is 0 Å². The summed E-state index contributed by atoms with van der Waals surface area (Å²) in [7, 11) is -3.68. The van der Waals surface area contributed by atoms with Crippen molar-refractivity contribution in [3.05, 3.63) is 0 Å². The fraction of sp³-hybridized carbons (Fsp3) is 0.909. The Bertz CT molecular complexity index is 366. The van der Waals surface area contributed by atoms with Crippen LogP contribution < -0.4 is 0 Å². The molecule has 1 rings (SSSR count). The minimum Gasteiger partial charge on any atom is -0.480 e. The summed E-state index contributed by atoms with van der Waals surface area (Å²) in [6.07, 6.45) is 3.75. The standard InChI is InChI=1S/C11H21NO4S/c1-3-10-5-4-7-12(8-6-10)17(15,16)9(2)11(13)14/h9-10H,3-8H2,1-2H3,(H,13,14). The average molecular weight is 263 g/mol. The molecule has 17 heavy (non-hydrogen) atoms. The molecule has 1 heterocycles. The number of aliphatic carboxylic acids is 1. The van der Waals surface area contributed by atoms with Crippen molar-refractivity contribution in [2.45, 2.75) is 44.8 Å². The molecule has 100 valence electrons. The highest BCUT2D eigenvalue weighted by molar-refractivity contribution is 7.90. The van der Waals surface area contributed by atoms with E-state index < -0.39 is 21.2 Å². The van der Waals surface area contributed by atoms with Gasteiger partial charge in [-0.25, -0.2) is 12.7 Å². The van der Waals surface area contributed by atoms with Gasteiger partial charge in [-0.05, 0) is 32.1 Å². The number of nitrogens with zero attached hydrogens (tertiary/aromatic N) is 1. The third-order valence-corrected chi connectivity index (χ3v) is 5.72. The number of rotatable bonds is 4. The third kappa shape index (κ3) is 3.42. The van der Waals surface area contributed by atoms with Crippen molar-refractivity contribution >= 4 is 16.0 Å². The minimum atomic E-state index is -3.68. The Labute approximate surface area is 103 Å². The van der Waals surface area contributed by atoms with Crippen molar-refractivity contribution in [1.82, 2.24) is 4.31 Å². The van der Waals surface area contributed by atoms with E-state index in [4.69, 9.17) is 5.11 Å². The summed E-state index contributed by atoms with van der Waals surface area (Å²) in [6.45, 7) is 4.25. The summed E-state index contributed by atoms with van der Waals surface area (Å²) >= 11 is 0. The Morgan fingerprint density at radius 3 is 2.59 bits per heavy atom. The van der Waals surface area contributed by atoms with Crippen LogP contribution in [0.15, 0.2) is 0 Å².